The molecule has 36 heavy (non-hydrogen) atoms. The molecule has 0 aliphatic carbocycles. The van der Waals surface area contributed by atoms with Crippen LogP contribution in [0.3, 0.4) is 0 Å². The van der Waals surface area contributed by atoms with Crippen molar-refractivity contribution >= 4 is 17.9 Å². The van der Waals surface area contributed by atoms with E-state index in [1.165, 1.54) is 12.2 Å². The van der Waals surface area contributed by atoms with Crippen molar-refractivity contribution in [1.82, 2.24) is 0 Å². The molecule has 0 bridgehead atoms. The van der Waals surface area contributed by atoms with Gasteiger partial charge in [0.25, 0.3) is 0 Å². The number of rotatable bonds is 12. The molecule has 0 amide bonds. The van der Waals surface area contributed by atoms with Gasteiger partial charge in [0.05, 0.1) is 24.3 Å². The highest BCUT2D eigenvalue weighted by atomic mass is 16.5. The summed E-state index contributed by atoms with van der Waals surface area (Å²) in [5.74, 6) is -0.962. The number of carbonyl (C=O) groups is 3. The van der Waals surface area contributed by atoms with E-state index in [1.54, 1.807) is 48.5 Å². The lowest BCUT2D eigenvalue weighted by Crippen LogP contribution is -2.07. The molecule has 0 spiro atoms. The standard InChI is InChI=1S/C27H26O7.C2H6/c1-5-25(28)32-18-6-17-31-24-15-13-23(14-16-24)27(30)34-21(4)10-9-20(3)33-26(29)22-11-7-19(2)8-12-22;1-2/h5,7-16H,1,3-4,6,17-18H2,2H3;1-2H3/b10-9-;. The first kappa shape index (κ1) is 29.6. The van der Waals surface area contributed by atoms with Gasteiger partial charge in [0.1, 0.15) is 17.3 Å². The van der Waals surface area contributed by atoms with Crippen LogP contribution < -0.4 is 4.74 Å². The van der Waals surface area contributed by atoms with Crippen molar-refractivity contribution in [3.05, 3.63) is 115 Å². The number of esters is 3. The van der Waals surface area contributed by atoms with E-state index in [-0.39, 0.29) is 18.1 Å². The van der Waals surface area contributed by atoms with E-state index in [1.807, 2.05) is 20.8 Å². The summed E-state index contributed by atoms with van der Waals surface area (Å²) in [6.07, 6.45) is 4.37. The third-order valence-corrected chi connectivity index (χ3v) is 4.25. The Morgan fingerprint density at radius 2 is 1.25 bits per heavy atom. The van der Waals surface area contributed by atoms with Crippen LogP contribution in [0.1, 0.15) is 46.5 Å². The van der Waals surface area contributed by atoms with Crippen molar-refractivity contribution in [1.29, 1.82) is 0 Å². The highest BCUT2D eigenvalue weighted by Gasteiger charge is 2.10. The van der Waals surface area contributed by atoms with Crippen molar-refractivity contribution in [3.8, 4) is 5.75 Å². The molecule has 7 nitrogen and oxygen atoms in total. The van der Waals surface area contributed by atoms with Crippen LogP contribution in [0.2, 0.25) is 0 Å². The number of ether oxygens (including phenoxy) is 4. The first-order valence-corrected chi connectivity index (χ1v) is 11.4. The van der Waals surface area contributed by atoms with E-state index in [0.717, 1.165) is 11.6 Å². The van der Waals surface area contributed by atoms with Gasteiger partial charge in [-0.1, -0.05) is 51.3 Å². The molecule has 0 fully saturated rings. The van der Waals surface area contributed by atoms with Gasteiger partial charge in [0, 0.05) is 12.5 Å². The highest BCUT2D eigenvalue weighted by Crippen LogP contribution is 2.15. The molecule has 0 heterocycles. The zero-order valence-electron chi connectivity index (χ0n) is 21.0. The number of benzene rings is 2. The number of aryl methyl sites for hydroxylation is 1. The summed E-state index contributed by atoms with van der Waals surface area (Å²) in [7, 11) is 0. The van der Waals surface area contributed by atoms with Crippen molar-refractivity contribution in [2.24, 2.45) is 0 Å². The van der Waals surface area contributed by atoms with Gasteiger partial charge < -0.3 is 18.9 Å². The lowest BCUT2D eigenvalue weighted by molar-refractivity contribution is -0.137. The fourth-order valence-corrected chi connectivity index (χ4v) is 2.47. The molecule has 0 N–H and O–H groups in total. The van der Waals surface area contributed by atoms with Crippen molar-refractivity contribution < 1.29 is 33.3 Å². The van der Waals surface area contributed by atoms with Crippen molar-refractivity contribution in [3.63, 3.8) is 0 Å². The molecule has 2 aromatic rings. The van der Waals surface area contributed by atoms with E-state index in [2.05, 4.69) is 19.7 Å². The molecule has 0 aliphatic heterocycles. The second-order valence-electron chi connectivity index (χ2n) is 7.01. The summed E-state index contributed by atoms with van der Waals surface area (Å²) in [5, 5.41) is 0. The van der Waals surface area contributed by atoms with Crippen molar-refractivity contribution in [2.75, 3.05) is 13.2 Å². The zero-order chi connectivity index (χ0) is 26.9. The van der Waals surface area contributed by atoms with Crippen molar-refractivity contribution in [2.45, 2.75) is 27.2 Å². The van der Waals surface area contributed by atoms with E-state index in [9.17, 15) is 14.4 Å². The molecule has 0 aromatic heterocycles. The van der Waals surface area contributed by atoms with Gasteiger partial charge in [-0.25, -0.2) is 14.4 Å². The van der Waals surface area contributed by atoms with Gasteiger partial charge in [-0.3, -0.25) is 0 Å². The van der Waals surface area contributed by atoms with E-state index in [0.29, 0.717) is 29.9 Å². The number of allylic oxidation sites excluding steroid dienone is 2. The maximum absolute atomic E-state index is 12.3. The molecular weight excluding hydrogens is 460 g/mol. The summed E-state index contributed by atoms with van der Waals surface area (Å²) in [6, 6.07) is 13.3. The minimum atomic E-state index is -0.611. The second-order valence-corrected chi connectivity index (χ2v) is 7.01. The Hall–Kier alpha value is -4.39. The Morgan fingerprint density at radius 3 is 1.72 bits per heavy atom. The van der Waals surface area contributed by atoms with E-state index >= 15 is 0 Å². The van der Waals surface area contributed by atoms with Gasteiger partial charge >= 0.3 is 17.9 Å². The summed E-state index contributed by atoms with van der Waals surface area (Å²) in [5.41, 5.74) is 1.72. The SMILES string of the molecule is C=CC(=O)OCCCOc1ccc(C(=O)OC(=C)/C=C\C(=C)OC(=O)c2ccc(C)cc2)cc1.CC. The first-order valence-electron chi connectivity index (χ1n) is 11.4. The minimum absolute atomic E-state index is 0.0481. The van der Waals surface area contributed by atoms with E-state index < -0.39 is 17.9 Å². The van der Waals surface area contributed by atoms with E-state index in [4.69, 9.17) is 18.9 Å². The summed E-state index contributed by atoms with van der Waals surface area (Å²) in [6.45, 7) is 17.1. The van der Waals surface area contributed by atoms with Gasteiger partial charge in [0.2, 0.25) is 0 Å². The van der Waals surface area contributed by atoms with Crippen LogP contribution in [-0.4, -0.2) is 31.1 Å². The number of hydrogen-bond donors (Lipinski definition) is 0. The number of carbonyl (C=O) groups excluding carboxylic acids is 3. The molecular formula is C29H32O7. The quantitative estimate of drug-likeness (QED) is 0.0881. The molecule has 2 aromatic carbocycles. The smallest absolute Gasteiger partial charge is 0.343 e. The molecule has 2 rings (SSSR count). The maximum atomic E-state index is 12.3. The monoisotopic (exact) mass is 492 g/mol. The lowest BCUT2D eigenvalue weighted by atomic mass is 10.1. The third kappa shape index (κ3) is 11.2. The van der Waals surface area contributed by atoms with Crippen LogP contribution in [0, 0.1) is 6.92 Å². The Balaban J connectivity index is 0.00000316. The molecule has 0 aliphatic rings. The van der Waals surface area contributed by atoms with Crippen LogP contribution in [0.5, 0.6) is 5.75 Å². The molecule has 0 atom stereocenters. The van der Waals surface area contributed by atoms with Gasteiger partial charge in [-0.15, -0.1) is 0 Å². The summed E-state index contributed by atoms with van der Waals surface area (Å²) >= 11 is 0. The van der Waals surface area contributed by atoms with Gasteiger partial charge in [0.15, 0.2) is 0 Å². The molecule has 0 radical (unpaired) electrons. The number of hydrogen-bond acceptors (Lipinski definition) is 7. The summed E-state index contributed by atoms with van der Waals surface area (Å²) < 4.78 is 20.7. The van der Waals surface area contributed by atoms with Crippen LogP contribution >= 0.6 is 0 Å². The minimum Gasteiger partial charge on any atom is -0.493 e. The van der Waals surface area contributed by atoms with Crippen LogP contribution in [0.4, 0.5) is 0 Å². The highest BCUT2D eigenvalue weighted by molar-refractivity contribution is 5.91. The Bertz CT molecular complexity index is 1080. The average Bonchev–Trinajstić information content (AvgIpc) is 2.89. The van der Waals surface area contributed by atoms with Gasteiger partial charge in [-0.05, 0) is 55.5 Å². The molecule has 0 saturated carbocycles. The molecule has 0 unspecified atom stereocenters. The zero-order valence-corrected chi connectivity index (χ0v) is 21.0. The van der Waals surface area contributed by atoms with Gasteiger partial charge in [-0.2, -0.15) is 0 Å². The predicted octanol–water partition coefficient (Wildman–Crippen LogP) is 6.12. The third-order valence-electron chi connectivity index (χ3n) is 4.25. The topological polar surface area (TPSA) is 88.1 Å². The largest absolute Gasteiger partial charge is 0.493 e. The summed E-state index contributed by atoms with van der Waals surface area (Å²) in [4.78, 5) is 35.3. The predicted molar refractivity (Wildman–Crippen MR) is 138 cm³/mol. The molecule has 7 heteroatoms. The second kappa shape index (κ2) is 16.3. The molecule has 190 valence electrons. The Kier molecular flexibility index (Phi) is 13.4. The fraction of sp³-hybridized carbons (Fsp3) is 0.207. The normalized spacial score (nSPS) is 9.86. The fourth-order valence-electron chi connectivity index (χ4n) is 2.47. The lowest BCUT2D eigenvalue weighted by Gasteiger charge is -2.08. The average molecular weight is 493 g/mol. The van der Waals surface area contributed by atoms with Crippen LogP contribution in [-0.2, 0) is 19.0 Å². The van der Waals surface area contributed by atoms with Crippen LogP contribution in [0.15, 0.2) is 98.0 Å². The maximum Gasteiger partial charge on any atom is 0.343 e. The Morgan fingerprint density at radius 1 is 0.778 bits per heavy atom. The molecule has 0 saturated heterocycles. The van der Waals surface area contributed by atoms with Crippen LogP contribution in [0.25, 0.3) is 0 Å². The first-order chi connectivity index (χ1) is 17.3. The Labute approximate surface area is 212 Å².